The molecule has 0 unspecified atom stereocenters. The minimum absolute atomic E-state index is 0.177. The van der Waals surface area contributed by atoms with E-state index in [4.69, 9.17) is 0 Å². The zero-order valence-corrected chi connectivity index (χ0v) is 13.2. The van der Waals surface area contributed by atoms with Crippen molar-refractivity contribution in [1.29, 1.82) is 0 Å². The molecule has 2 aromatic rings. The average molecular weight is 325 g/mol. The molecule has 1 heterocycles. The number of amides is 1. The van der Waals surface area contributed by atoms with E-state index in [-0.39, 0.29) is 5.69 Å². The van der Waals surface area contributed by atoms with Crippen LogP contribution < -0.4 is 5.32 Å². The van der Waals surface area contributed by atoms with Gasteiger partial charge in [0.2, 0.25) is 0 Å². The molecule has 0 spiro atoms. The summed E-state index contributed by atoms with van der Waals surface area (Å²) < 4.78 is 38.0. The van der Waals surface area contributed by atoms with Crippen molar-refractivity contribution in [2.24, 2.45) is 0 Å². The lowest BCUT2D eigenvalue weighted by atomic mass is 10.3. The SMILES string of the molecule is CCn1nc(C)cc1C(=O)Nc1ccc(S(C)(=O)=O)c(F)c1. The first-order chi connectivity index (χ1) is 10.2. The summed E-state index contributed by atoms with van der Waals surface area (Å²) in [6.07, 6.45) is 0.923. The number of nitrogens with zero attached hydrogens (tertiary/aromatic N) is 2. The fourth-order valence-corrected chi connectivity index (χ4v) is 2.77. The highest BCUT2D eigenvalue weighted by atomic mass is 32.2. The highest BCUT2D eigenvalue weighted by Crippen LogP contribution is 2.19. The molecule has 0 saturated heterocycles. The maximum absolute atomic E-state index is 13.8. The Bertz CT molecular complexity index is 828. The Balaban J connectivity index is 2.27. The number of halogens is 1. The maximum Gasteiger partial charge on any atom is 0.273 e. The number of hydrogen-bond acceptors (Lipinski definition) is 4. The zero-order valence-electron chi connectivity index (χ0n) is 12.4. The number of sulfone groups is 1. The van der Waals surface area contributed by atoms with Crippen LogP contribution in [-0.4, -0.2) is 30.4 Å². The molecule has 0 aliphatic rings. The number of aryl methyl sites for hydroxylation is 2. The molecule has 0 saturated carbocycles. The highest BCUT2D eigenvalue weighted by molar-refractivity contribution is 7.90. The second-order valence-corrected chi connectivity index (χ2v) is 6.84. The number of aromatic nitrogens is 2. The summed E-state index contributed by atoms with van der Waals surface area (Å²) in [5.41, 5.74) is 1.23. The van der Waals surface area contributed by atoms with Crippen LogP contribution in [0.25, 0.3) is 0 Å². The molecule has 0 atom stereocenters. The summed E-state index contributed by atoms with van der Waals surface area (Å²) in [5, 5.41) is 6.69. The van der Waals surface area contributed by atoms with E-state index in [0.29, 0.717) is 17.9 Å². The number of benzene rings is 1. The molecular weight excluding hydrogens is 309 g/mol. The fraction of sp³-hybridized carbons (Fsp3) is 0.286. The van der Waals surface area contributed by atoms with E-state index < -0.39 is 26.5 Å². The maximum atomic E-state index is 13.8. The van der Waals surface area contributed by atoms with E-state index >= 15 is 0 Å². The second kappa shape index (κ2) is 5.88. The molecular formula is C14H16FN3O3S. The summed E-state index contributed by atoms with van der Waals surface area (Å²) in [6, 6.07) is 5.08. The van der Waals surface area contributed by atoms with Crippen molar-refractivity contribution in [3.63, 3.8) is 0 Å². The van der Waals surface area contributed by atoms with Gasteiger partial charge in [0.05, 0.1) is 5.69 Å². The molecule has 6 nitrogen and oxygen atoms in total. The summed E-state index contributed by atoms with van der Waals surface area (Å²) in [7, 11) is -3.64. The van der Waals surface area contributed by atoms with Gasteiger partial charge in [-0.1, -0.05) is 0 Å². The Morgan fingerprint density at radius 3 is 2.59 bits per heavy atom. The lowest BCUT2D eigenvalue weighted by Gasteiger charge is -2.08. The molecule has 1 N–H and O–H groups in total. The number of anilines is 1. The molecule has 1 aromatic heterocycles. The Kier molecular flexibility index (Phi) is 4.32. The first kappa shape index (κ1) is 16.2. The van der Waals surface area contributed by atoms with E-state index in [2.05, 4.69) is 10.4 Å². The van der Waals surface area contributed by atoms with Crippen molar-refractivity contribution in [3.05, 3.63) is 41.5 Å². The van der Waals surface area contributed by atoms with Gasteiger partial charge < -0.3 is 5.32 Å². The van der Waals surface area contributed by atoms with Crippen molar-refractivity contribution < 1.29 is 17.6 Å². The molecule has 0 aliphatic heterocycles. The number of nitrogens with one attached hydrogen (secondary N) is 1. The standard InChI is InChI=1S/C14H16FN3O3S/c1-4-18-12(7-9(2)17-18)14(19)16-10-5-6-13(11(15)8-10)22(3,20)21/h5-8H,4H2,1-3H3,(H,16,19). The number of carbonyl (C=O) groups is 1. The Morgan fingerprint density at radius 2 is 2.05 bits per heavy atom. The van der Waals surface area contributed by atoms with Gasteiger partial charge >= 0.3 is 0 Å². The molecule has 1 aromatic carbocycles. The van der Waals surface area contributed by atoms with E-state index in [1.165, 1.54) is 10.7 Å². The van der Waals surface area contributed by atoms with Gasteiger partial charge in [-0.15, -0.1) is 0 Å². The van der Waals surface area contributed by atoms with Crippen LogP contribution in [0.3, 0.4) is 0 Å². The van der Waals surface area contributed by atoms with Crippen molar-refractivity contribution in [1.82, 2.24) is 9.78 Å². The summed E-state index contributed by atoms with van der Waals surface area (Å²) in [6.45, 7) is 4.14. The number of rotatable bonds is 4. The lowest BCUT2D eigenvalue weighted by molar-refractivity contribution is 0.101. The third-order valence-corrected chi connectivity index (χ3v) is 4.15. The van der Waals surface area contributed by atoms with E-state index in [0.717, 1.165) is 18.4 Å². The molecule has 0 bridgehead atoms. The minimum atomic E-state index is -3.64. The molecule has 0 radical (unpaired) electrons. The Labute approximate surface area is 127 Å². The van der Waals surface area contributed by atoms with Crippen LogP contribution in [0, 0.1) is 12.7 Å². The van der Waals surface area contributed by atoms with Crippen LogP contribution in [0.15, 0.2) is 29.2 Å². The molecule has 2 rings (SSSR count). The topological polar surface area (TPSA) is 81.1 Å². The van der Waals surface area contributed by atoms with Crippen LogP contribution in [0.2, 0.25) is 0 Å². The molecule has 0 fully saturated rings. The van der Waals surface area contributed by atoms with Crippen LogP contribution in [0.1, 0.15) is 23.1 Å². The minimum Gasteiger partial charge on any atom is -0.321 e. The van der Waals surface area contributed by atoms with Crippen molar-refractivity contribution >= 4 is 21.4 Å². The predicted molar refractivity (Wildman–Crippen MR) is 80.1 cm³/mol. The molecule has 0 aliphatic carbocycles. The van der Waals surface area contributed by atoms with E-state index in [1.807, 2.05) is 6.92 Å². The largest absolute Gasteiger partial charge is 0.321 e. The van der Waals surface area contributed by atoms with Gasteiger partial charge in [-0.2, -0.15) is 5.10 Å². The molecule has 8 heteroatoms. The fourth-order valence-electron chi connectivity index (χ4n) is 2.04. The van der Waals surface area contributed by atoms with Gasteiger partial charge in [0.1, 0.15) is 16.4 Å². The highest BCUT2D eigenvalue weighted by Gasteiger charge is 2.17. The summed E-state index contributed by atoms with van der Waals surface area (Å²) in [4.78, 5) is 11.8. The third-order valence-electron chi connectivity index (χ3n) is 3.02. The van der Waals surface area contributed by atoms with Crippen molar-refractivity contribution in [2.75, 3.05) is 11.6 Å². The summed E-state index contributed by atoms with van der Waals surface area (Å²) >= 11 is 0. The lowest BCUT2D eigenvalue weighted by Crippen LogP contribution is -2.17. The predicted octanol–water partition coefficient (Wildman–Crippen LogP) is 2.01. The van der Waals surface area contributed by atoms with Crippen LogP contribution in [-0.2, 0) is 16.4 Å². The van der Waals surface area contributed by atoms with Gasteiger partial charge in [-0.25, -0.2) is 12.8 Å². The Morgan fingerprint density at radius 1 is 1.36 bits per heavy atom. The normalized spacial score (nSPS) is 11.5. The summed E-state index contributed by atoms with van der Waals surface area (Å²) in [5.74, 6) is -1.34. The van der Waals surface area contributed by atoms with E-state index in [1.54, 1.807) is 13.0 Å². The number of carbonyl (C=O) groups excluding carboxylic acids is 1. The number of hydrogen-bond donors (Lipinski definition) is 1. The molecule has 22 heavy (non-hydrogen) atoms. The first-order valence-electron chi connectivity index (χ1n) is 6.57. The van der Waals surface area contributed by atoms with Crippen molar-refractivity contribution in [3.8, 4) is 0 Å². The molecule has 1 amide bonds. The molecule has 118 valence electrons. The first-order valence-corrected chi connectivity index (χ1v) is 8.47. The second-order valence-electron chi connectivity index (χ2n) is 4.86. The van der Waals surface area contributed by atoms with Crippen LogP contribution in [0.4, 0.5) is 10.1 Å². The van der Waals surface area contributed by atoms with Gasteiger partial charge in [0.25, 0.3) is 5.91 Å². The monoisotopic (exact) mass is 325 g/mol. The average Bonchev–Trinajstić information content (AvgIpc) is 2.78. The van der Waals surface area contributed by atoms with E-state index in [9.17, 15) is 17.6 Å². The third kappa shape index (κ3) is 3.33. The van der Waals surface area contributed by atoms with Gasteiger partial charge in [0.15, 0.2) is 9.84 Å². The quantitative estimate of drug-likeness (QED) is 0.932. The van der Waals surface area contributed by atoms with Gasteiger partial charge in [-0.3, -0.25) is 9.48 Å². The smallest absolute Gasteiger partial charge is 0.273 e. The van der Waals surface area contributed by atoms with Gasteiger partial charge in [-0.05, 0) is 38.1 Å². The van der Waals surface area contributed by atoms with Crippen LogP contribution >= 0.6 is 0 Å². The van der Waals surface area contributed by atoms with Crippen LogP contribution in [0.5, 0.6) is 0 Å². The zero-order chi connectivity index (χ0) is 16.5. The van der Waals surface area contributed by atoms with Crippen molar-refractivity contribution in [2.45, 2.75) is 25.3 Å². The van der Waals surface area contributed by atoms with Gasteiger partial charge in [0, 0.05) is 18.5 Å². The Hall–Kier alpha value is -2.22.